The fourth-order valence-electron chi connectivity index (χ4n) is 1.66. The van der Waals surface area contributed by atoms with E-state index in [4.69, 9.17) is 10.3 Å². The normalized spacial score (nSPS) is 9.95. The maximum atomic E-state index is 11.7. The number of hydrogen-bond acceptors (Lipinski definition) is 3. The van der Waals surface area contributed by atoms with Crippen molar-refractivity contribution in [3.8, 4) is 5.75 Å². The molecule has 0 aromatic heterocycles. The molecular formula is C14H20N4O2. The van der Waals surface area contributed by atoms with Gasteiger partial charge >= 0.3 is 0 Å². The molecule has 6 nitrogen and oxygen atoms in total. The van der Waals surface area contributed by atoms with Crippen LogP contribution in [0.2, 0.25) is 0 Å². The van der Waals surface area contributed by atoms with Gasteiger partial charge in [-0.15, -0.1) is 0 Å². The average molecular weight is 276 g/mol. The van der Waals surface area contributed by atoms with Gasteiger partial charge in [-0.25, -0.2) is 0 Å². The quantitative estimate of drug-likeness (QED) is 0.338. The molecule has 1 N–H and O–H groups in total. The molecule has 6 heteroatoms. The highest BCUT2D eigenvalue weighted by molar-refractivity contribution is 5.90. The van der Waals surface area contributed by atoms with E-state index in [9.17, 15) is 4.79 Å². The van der Waals surface area contributed by atoms with Crippen molar-refractivity contribution >= 4 is 11.6 Å². The van der Waals surface area contributed by atoms with Crippen molar-refractivity contribution in [3.63, 3.8) is 0 Å². The van der Waals surface area contributed by atoms with E-state index in [1.165, 1.54) is 0 Å². The first kappa shape index (κ1) is 15.9. The molecule has 1 rings (SSSR count). The van der Waals surface area contributed by atoms with Gasteiger partial charge in [-0.2, -0.15) is 0 Å². The summed E-state index contributed by atoms with van der Waals surface area (Å²) in [4.78, 5) is 14.4. The highest BCUT2D eigenvalue weighted by atomic mass is 16.5. The Morgan fingerprint density at radius 2 is 2.25 bits per heavy atom. The summed E-state index contributed by atoms with van der Waals surface area (Å²) in [6.07, 6.45) is 1.93. The van der Waals surface area contributed by atoms with E-state index >= 15 is 0 Å². The zero-order valence-corrected chi connectivity index (χ0v) is 11.9. The fourth-order valence-corrected chi connectivity index (χ4v) is 1.66. The van der Waals surface area contributed by atoms with Crippen molar-refractivity contribution in [3.05, 3.63) is 34.7 Å². The molecule has 1 aromatic rings. The Morgan fingerprint density at radius 1 is 1.45 bits per heavy atom. The summed E-state index contributed by atoms with van der Waals surface area (Å²) >= 11 is 0. The van der Waals surface area contributed by atoms with Gasteiger partial charge in [-0.05, 0) is 44.4 Å². The number of carbonyl (C=O) groups is 1. The first-order valence-electron chi connectivity index (χ1n) is 6.69. The van der Waals surface area contributed by atoms with E-state index in [2.05, 4.69) is 15.3 Å². The molecule has 1 aromatic carbocycles. The van der Waals surface area contributed by atoms with Crippen LogP contribution in [0.3, 0.4) is 0 Å². The summed E-state index contributed by atoms with van der Waals surface area (Å²) in [7, 11) is 0. The molecule has 0 bridgehead atoms. The number of nitrogens with one attached hydrogen (secondary N) is 1. The Bertz CT molecular complexity index is 482. The van der Waals surface area contributed by atoms with Crippen LogP contribution in [0.5, 0.6) is 5.75 Å². The van der Waals surface area contributed by atoms with Crippen molar-refractivity contribution in [1.82, 2.24) is 0 Å². The van der Waals surface area contributed by atoms with Crippen LogP contribution in [0.25, 0.3) is 10.4 Å². The summed E-state index contributed by atoms with van der Waals surface area (Å²) in [5, 5.41) is 6.25. The minimum atomic E-state index is -0.0485. The van der Waals surface area contributed by atoms with Crippen LogP contribution in [0.15, 0.2) is 29.4 Å². The third-order valence-corrected chi connectivity index (χ3v) is 2.46. The number of unbranched alkanes of at least 4 members (excludes halogenated alkanes) is 1. The zero-order valence-electron chi connectivity index (χ0n) is 11.9. The number of anilines is 1. The number of rotatable bonds is 8. The second kappa shape index (κ2) is 8.82. The van der Waals surface area contributed by atoms with Crippen molar-refractivity contribution in [2.24, 2.45) is 5.11 Å². The minimum absolute atomic E-state index is 0.0485. The number of benzene rings is 1. The Morgan fingerprint density at radius 3 is 2.95 bits per heavy atom. The van der Waals surface area contributed by atoms with Gasteiger partial charge in [0.15, 0.2) is 0 Å². The predicted molar refractivity (Wildman–Crippen MR) is 78.7 cm³/mol. The van der Waals surface area contributed by atoms with E-state index in [0.29, 0.717) is 25.8 Å². The van der Waals surface area contributed by atoms with Gasteiger partial charge in [0.25, 0.3) is 0 Å². The number of amides is 1. The molecular weight excluding hydrogens is 256 g/mol. The predicted octanol–water partition coefficient (Wildman–Crippen LogP) is 3.89. The highest BCUT2D eigenvalue weighted by Crippen LogP contribution is 2.18. The summed E-state index contributed by atoms with van der Waals surface area (Å²) < 4.78 is 5.56. The molecule has 0 radical (unpaired) electrons. The van der Waals surface area contributed by atoms with Crippen molar-refractivity contribution in [1.29, 1.82) is 0 Å². The number of hydrogen-bond donors (Lipinski definition) is 1. The smallest absolute Gasteiger partial charge is 0.224 e. The van der Waals surface area contributed by atoms with E-state index < -0.39 is 0 Å². The second-order valence-corrected chi connectivity index (χ2v) is 4.65. The van der Waals surface area contributed by atoms with Crippen molar-refractivity contribution < 1.29 is 9.53 Å². The van der Waals surface area contributed by atoms with Gasteiger partial charge in [0.05, 0.1) is 6.10 Å². The Kier molecular flexibility index (Phi) is 7.00. The van der Waals surface area contributed by atoms with Crippen LogP contribution >= 0.6 is 0 Å². The van der Waals surface area contributed by atoms with Crippen molar-refractivity contribution in [2.75, 3.05) is 11.9 Å². The first-order chi connectivity index (χ1) is 9.61. The molecule has 0 aliphatic rings. The van der Waals surface area contributed by atoms with Gasteiger partial charge in [-0.1, -0.05) is 11.2 Å². The van der Waals surface area contributed by atoms with Gasteiger partial charge in [0.1, 0.15) is 5.75 Å². The molecule has 0 aliphatic carbocycles. The minimum Gasteiger partial charge on any atom is -0.491 e. The van der Waals surface area contributed by atoms with E-state index in [-0.39, 0.29) is 12.0 Å². The van der Waals surface area contributed by atoms with Crippen LogP contribution in [-0.4, -0.2) is 18.6 Å². The maximum Gasteiger partial charge on any atom is 0.224 e. The lowest BCUT2D eigenvalue weighted by atomic mass is 10.2. The molecule has 1 amide bonds. The lowest BCUT2D eigenvalue weighted by Crippen LogP contribution is -2.11. The molecule has 0 saturated carbocycles. The summed E-state index contributed by atoms with van der Waals surface area (Å²) in [6.45, 7) is 4.34. The largest absolute Gasteiger partial charge is 0.491 e. The third-order valence-electron chi connectivity index (χ3n) is 2.46. The van der Waals surface area contributed by atoms with Gasteiger partial charge in [0.2, 0.25) is 5.91 Å². The first-order valence-corrected chi connectivity index (χ1v) is 6.69. The lowest BCUT2D eigenvalue weighted by Gasteiger charge is -2.11. The number of nitrogens with zero attached hydrogens (tertiary/aromatic N) is 3. The highest BCUT2D eigenvalue weighted by Gasteiger charge is 2.04. The van der Waals surface area contributed by atoms with Crippen LogP contribution < -0.4 is 10.1 Å². The Balaban J connectivity index is 2.39. The molecule has 0 spiro atoms. The molecule has 0 unspecified atom stereocenters. The van der Waals surface area contributed by atoms with Crippen LogP contribution in [-0.2, 0) is 4.79 Å². The average Bonchev–Trinajstić information content (AvgIpc) is 2.38. The van der Waals surface area contributed by atoms with Crippen LogP contribution in [0, 0.1) is 0 Å². The van der Waals surface area contributed by atoms with E-state index in [1.54, 1.807) is 6.07 Å². The van der Waals surface area contributed by atoms with E-state index in [1.807, 2.05) is 32.0 Å². The molecule has 20 heavy (non-hydrogen) atoms. The van der Waals surface area contributed by atoms with Crippen molar-refractivity contribution in [2.45, 2.75) is 39.2 Å². The SMILES string of the molecule is CC(C)Oc1cccc(NC(=O)CCCCN=[N+]=[N-])c1. The lowest BCUT2D eigenvalue weighted by molar-refractivity contribution is -0.116. The second-order valence-electron chi connectivity index (χ2n) is 4.65. The fraction of sp³-hybridized carbons (Fsp3) is 0.500. The van der Waals surface area contributed by atoms with E-state index in [0.717, 1.165) is 11.4 Å². The maximum absolute atomic E-state index is 11.7. The third kappa shape index (κ3) is 6.66. The van der Waals surface area contributed by atoms with Gasteiger partial charge in [-0.3, -0.25) is 4.79 Å². The Hall–Kier alpha value is -2.20. The molecule has 0 aliphatic heterocycles. The summed E-state index contributed by atoms with van der Waals surface area (Å²) in [6, 6.07) is 7.33. The monoisotopic (exact) mass is 276 g/mol. The van der Waals surface area contributed by atoms with Crippen LogP contribution in [0.4, 0.5) is 5.69 Å². The Labute approximate surface area is 118 Å². The number of carbonyl (C=O) groups excluding carboxylic acids is 1. The van der Waals surface area contributed by atoms with Gasteiger partial charge in [0, 0.05) is 29.6 Å². The topological polar surface area (TPSA) is 87.1 Å². The van der Waals surface area contributed by atoms with Gasteiger partial charge < -0.3 is 10.1 Å². The summed E-state index contributed by atoms with van der Waals surface area (Å²) in [5.41, 5.74) is 8.85. The number of azide groups is 1. The zero-order chi connectivity index (χ0) is 14.8. The summed E-state index contributed by atoms with van der Waals surface area (Å²) in [5.74, 6) is 0.689. The molecule has 0 atom stereocenters. The molecule has 0 heterocycles. The van der Waals surface area contributed by atoms with Crippen LogP contribution in [0.1, 0.15) is 33.1 Å². The molecule has 108 valence electrons. The number of ether oxygens (including phenoxy) is 1. The standard InChI is InChI=1S/C14H20N4O2/c1-11(2)20-13-7-5-6-12(10-13)17-14(19)8-3-4-9-16-18-15/h5-7,10-11H,3-4,8-9H2,1-2H3,(H,17,19). The molecule has 0 fully saturated rings. The molecule has 0 saturated heterocycles.